The maximum Gasteiger partial charge on any atom is 0.337 e. The van der Waals surface area contributed by atoms with E-state index in [1.807, 2.05) is 35.2 Å². The van der Waals surface area contributed by atoms with E-state index in [0.717, 1.165) is 28.3 Å². The zero-order valence-electron chi connectivity index (χ0n) is 18.3. The van der Waals surface area contributed by atoms with E-state index < -0.39 is 0 Å². The Morgan fingerprint density at radius 3 is 2.59 bits per heavy atom. The number of benzene rings is 1. The van der Waals surface area contributed by atoms with Gasteiger partial charge in [-0.15, -0.1) is 0 Å². The SMILES string of the molecule is COC(=O)c1ccc(-n2c(C)cc([C@@H]3[C@@H](c4ccccn4)NC(=S)N3CCO)c2C)cc1. The van der Waals surface area contributed by atoms with Gasteiger partial charge in [0.05, 0.1) is 37.1 Å². The van der Waals surface area contributed by atoms with Crippen molar-refractivity contribution >= 4 is 23.3 Å². The number of aliphatic hydroxyl groups excluding tert-OH is 1. The lowest BCUT2D eigenvalue weighted by atomic mass is 9.97. The van der Waals surface area contributed by atoms with Gasteiger partial charge in [-0.05, 0) is 74.1 Å². The van der Waals surface area contributed by atoms with Crippen LogP contribution in [0.2, 0.25) is 0 Å². The summed E-state index contributed by atoms with van der Waals surface area (Å²) in [5.41, 5.74) is 5.59. The fourth-order valence-electron chi connectivity index (χ4n) is 4.44. The largest absolute Gasteiger partial charge is 0.465 e. The highest BCUT2D eigenvalue weighted by Crippen LogP contribution is 2.41. The molecule has 2 aromatic heterocycles. The third-order valence-electron chi connectivity index (χ3n) is 5.87. The minimum atomic E-state index is -0.360. The number of hydrogen-bond donors (Lipinski definition) is 2. The van der Waals surface area contributed by atoms with Crippen molar-refractivity contribution in [2.45, 2.75) is 25.9 Å². The summed E-state index contributed by atoms with van der Waals surface area (Å²) in [6.07, 6.45) is 1.78. The van der Waals surface area contributed by atoms with Crippen LogP contribution in [0.5, 0.6) is 0 Å². The Kier molecular flexibility index (Phi) is 6.25. The molecule has 8 heteroatoms. The Labute approximate surface area is 192 Å². The van der Waals surface area contributed by atoms with Crippen LogP contribution in [0, 0.1) is 13.8 Å². The zero-order valence-corrected chi connectivity index (χ0v) is 19.1. The highest BCUT2D eigenvalue weighted by atomic mass is 32.1. The van der Waals surface area contributed by atoms with E-state index in [9.17, 15) is 9.90 Å². The Balaban J connectivity index is 1.78. The van der Waals surface area contributed by atoms with Crippen molar-refractivity contribution < 1.29 is 14.6 Å². The third-order valence-corrected chi connectivity index (χ3v) is 6.23. The standard InChI is InChI=1S/C24H26N4O3S/c1-15-14-19(16(2)28(15)18-9-7-17(8-10-18)23(30)31-3)22-21(20-6-4-5-11-25-20)26-24(32)27(22)12-13-29/h4-11,14,21-22,29H,12-13H2,1-3H3,(H,26,32)/t21-,22-/m1/s1. The van der Waals surface area contributed by atoms with Gasteiger partial charge in [0, 0.05) is 29.8 Å². The molecule has 0 bridgehead atoms. The molecule has 2 N–H and O–H groups in total. The number of ether oxygens (including phenoxy) is 1. The van der Waals surface area contributed by atoms with E-state index >= 15 is 0 Å². The number of pyridine rings is 1. The van der Waals surface area contributed by atoms with Crippen LogP contribution in [0.4, 0.5) is 0 Å². The van der Waals surface area contributed by atoms with Crippen LogP contribution in [0.1, 0.15) is 45.1 Å². The quantitative estimate of drug-likeness (QED) is 0.441. The summed E-state index contributed by atoms with van der Waals surface area (Å²) in [7, 11) is 1.37. The first-order valence-electron chi connectivity index (χ1n) is 10.4. The number of aliphatic hydroxyl groups is 1. The minimum absolute atomic E-state index is 0.000979. The normalized spacial score (nSPS) is 18.0. The van der Waals surface area contributed by atoms with Crippen LogP contribution in [-0.4, -0.2) is 50.9 Å². The molecule has 0 radical (unpaired) electrons. The topological polar surface area (TPSA) is 79.6 Å². The van der Waals surface area contributed by atoms with Gasteiger partial charge in [0.25, 0.3) is 0 Å². The van der Waals surface area contributed by atoms with Gasteiger partial charge in [-0.3, -0.25) is 4.98 Å². The van der Waals surface area contributed by atoms with Crippen molar-refractivity contribution in [1.29, 1.82) is 0 Å². The lowest BCUT2D eigenvalue weighted by Gasteiger charge is -2.27. The Morgan fingerprint density at radius 1 is 1.22 bits per heavy atom. The minimum Gasteiger partial charge on any atom is -0.465 e. The van der Waals surface area contributed by atoms with Gasteiger partial charge in [0.1, 0.15) is 0 Å². The predicted octanol–water partition coefficient (Wildman–Crippen LogP) is 3.24. The summed E-state index contributed by atoms with van der Waals surface area (Å²) < 4.78 is 6.96. The molecule has 1 fully saturated rings. The van der Waals surface area contributed by atoms with Gasteiger partial charge >= 0.3 is 5.97 Å². The second-order valence-corrected chi connectivity index (χ2v) is 8.13. The summed E-state index contributed by atoms with van der Waals surface area (Å²) in [4.78, 5) is 18.4. The molecule has 2 atom stereocenters. The molecule has 3 heterocycles. The summed E-state index contributed by atoms with van der Waals surface area (Å²) in [6, 6.07) is 15.1. The van der Waals surface area contributed by atoms with Crippen molar-refractivity contribution in [3.8, 4) is 5.69 Å². The average molecular weight is 451 g/mol. The summed E-state index contributed by atoms with van der Waals surface area (Å²) in [6.45, 7) is 4.56. The Hall–Kier alpha value is -3.23. The first kappa shape index (κ1) is 22.0. The predicted molar refractivity (Wildman–Crippen MR) is 126 cm³/mol. The number of nitrogens with one attached hydrogen (secondary N) is 1. The Morgan fingerprint density at radius 2 is 1.97 bits per heavy atom. The van der Waals surface area contributed by atoms with E-state index in [0.29, 0.717) is 17.2 Å². The first-order chi connectivity index (χ1) is 15.5. The molecular formula is C24H26N4O3S. The second-order valence-electron chi connectivity index (χ2n) is 7.74. The van der Waals surface area contributed by atoms with Crippen molar-refractivity contribution in [1.82, 2.24) is 19.8 Å². The molecule has 0 spiro atoms. The number of aryl methyl sites for hydroxylation is 1. The molecule has 166 valence electrons. The number of thiocarbonyl (C=S) groups is 1. The number of carbonyl (C=O) groups is 1. The number of hydrogen-bond acceptors (Lipinski definition) is 5. The van der Waals surface area contributed by atoms with Gasteiger partial charge in [-0.1, -0.05) is 6.07 Å². The van der Waals surface area contributed by atoms with Crippen molar-refractivity contribution in [2.75, 3.05) is 20.3 Å². The van der Waals surface area contributed by atoms with E-state index in [1.165, 1.54) is 7.11 Å². The monoisotopic (exact) mass is 450 g/mol. The zero-order chi connectivity index (χ0) is 22.8. The number of aromatic nitrogens is 2. The summed E-state index contributed by atoms with van der Waals surface area (Å²) in [5.74, 6) is -0.360. The Bertz CT molecular complexity index is 1130. The maximum absolute atomic E-state index is 11.8. The molecule has 0 amide bonds. The van der Waals surface area contributed by atoms with E-state index in [4.69, 9.17) is 17.0 Å². The van der Waals surface area contributed by atoms with E-state index in [2.05, 4.69) is 34.8 Å². The van der Waals surface area contributed by atoms with Gasteiger partial charge in [-0.2, -0.15) is 0 Å². The lowest BCUT2D eigenvalue weighted by Crippen LogP contribution is -2.32. The van der Waals surface area contributed by atoms with Crippen LogP contribution in [0.25, 0.3) is 5.69 Å². The number of rotatable bonds is 6. The number of carbonyl (C=O) groups excluding carboxylic acids is 1. The van der Waals surface area contributed by atoms with Crippen LogP contribution in [0.15, 0.2) is 54.7 Å². The number of esters is 1. The molecule has 1 aromatic carbocycles. The smallest absolute Gasteiger partial charge is 0.337 e. The highest BCUT2D eigenvalue weighted by Gasteiger charge is 2.41. The molecule has 0 unspecified atom stereocenters. The molecular weight excluding hydrogens is 424 g/mol. The average Bonchev–Trinajstić information content (AvgIpc) is 3.29. The number of methoxy groups -OCH3 is 1. The van der Waals surface area contributed by atoms with E-state index in [-0.39, 0.29) is 24.7 Å². The highest BCUT2D eigenvalue weighted by molar-refractivity contribution is 7.80. The maximum atomic E-state index is 11.8. The van der Waals surface area contributed by atoms with Crippen LogP contribution in [0.3, 0.4) is 0 Å². The second kappa shape index (κ2) is 9.10. The van der Waals surface area contributed by atoms with Crippen LogP contribution < -0.4 is 5.32 Å². The van der Waals surface area contributed by atoms with Crippen LogP contribution >= 0.6 is 12.2 Å². The molecule has 7 nitrogen and oxygen atoms in total. The summed E-state index contributed by atoms with van der Waals surface area (Å²) >= 11 is 5.61. The molecule has 1 saturated heterocycles. The van der Waals surface area contributed by atoms with E-state index in [1.54, 1.807) is 18.3 Å². The number of β-amino-alcohol motifs (C(OH)–C–C–N with tert-alkyl or cyclic N) is 1. The van der Waals surface area contributed by atoms with Gasteiger partial charge in [0.2, 0.25) is 0 Å². The molecule has 1 aliphatic rings. The molecule has 4 rings (SSSR count). The summed E-state index contributed by atoms with van der Waals surface area (Å²) in [5, 5.41) is 13.7. The third kappa shape index (κ3) is 3.87. The van der Waals surface area contributed by atoms with Crippen LogP contribution in [-0.2, 0) is 4.74 Å². The van der Waals surface area contributed by atoms with Gasteiger partial charge in [-0.25, -0.2) is 4.79 Å². The molecule has 0 aliphatic carbocycles. The molecule has 1 aliphatic heterocycles. The molecule has 3 aromatic rings. The first-order valence-corrected chi connectivity index (χ1v) is 10.8. The lowest BCUT2D eigenvalue weighted by molar-refractivity contribution is 0.0600. The van der Waals surface area contributed by atoms with Gasteiger partial charge < -0.3 is 24.6 Å². The molecule has 32 heavy (non-hydrogen) atoms. The fraction of sp³-hybridized carbons (Fsp3) is 0.292. The van der Waals surface area contributed by atoms with Gasteiger partial charge in [0.15, 0.2) is 5.11 Å². The van der Waals surface area contributed by atoms with Crippen molar-refractivity contribution in [3.63, 3.8) is 0 Å². The number of nitrogens with zero attached hydrogens (tertiary/aromatic N) is 3. The van der Waals surface area contributed by atoms with Crippen molar-refractivity contribution in [3.05, 3.63) is 82.9 Å². The fourth-order valence-corrected chi connectivity index (χ4v) is 4.77. The van der Waals surface area contributed by atoms with Crippen molar-refractivity contribution in [2.24, 2.45) is 0 Å². The molecule has 0 saturated carbocycles.